The monoisotopic (exact) mass is 209 g/mol. The van der Waals surface area contributed by atoms with Crippen molar-refractivity contribution in [2.45, 2.75) is 0 Å². The van der Waals surface area contributed by atoms with E-state index >= 15 is 0 Å². The lowest BCUT2D eigenvalue weighted by atomic mass is 10.1. The van der Waals surface area contributed by atoms with Gasteiger partial charge in [-0.2, -0.15) is 0 Å². The number of carbonyl (C=O) groups is 1. The molecule has 2 nitrogen and oxygen atoms in total. The van der Waals surface area contributed by atoms with E-state index in [4.69, 9.17) is 40.2 Å². The molecule has 1 rings (SSSR count). The summed E-state index contributed by atoms with van der Waals surface area (Å²) in [5.74, 6) is -0.533. The molecule has 0 spiro atoms. The van der Waals surface area contributed by atoms with Crippen LogP contribution in [0.4, 0.5) is 0 Å². The van der Waals surface area contributed by atoms with Crippen molar-refractivity contribution < 1.29 is 4.79 Å². The number of nitrogens with one attached hydrogen (secondary N) is 1. The van der Waals surface area contributed by atoms with Crippen LogP contribution in [0.25, 0.3) is 0 Å². The summed E-state index contributed by atoms with van der Waals surface area (Å²) >= 11 is 16.3. The summed E-state index contributed by atoms with van der Waals surface area (Å²) < 4.78 is 0. The van der Waals surface area contributed by atoms with Crippen molar-refractivity contribution >= 4 is 46.3 Å². The van der Waals surface area contributed by atoms with Crippen molar-refractivity contribution in [2.24, 2.45) is 0 Å². The Morgan fingerprint density at radius 1 is 1.18 bits per heavy atom. The number of hydrogen-bond acceptors (Lipinski definition) is 2. The van der Waals surface area contributed by atoms with E-state index in [-0.39, 0.29) is 20.8 Å². The third kappa shape index (κ3) is 1.48. The normalized spacial score (nSPS) is 19.0. The highest BCUT2D eigenvalue weighted by Crippen LogP contribution is 2.26. The predicted molar refractivity (Wildman–Crippen MR) is 45.4 cm³/mol. The molecule has 58 valence electrons. The van der Waals surface area contributed by atoms with E-state index in [9.17, 15) is 4.79 Å². The highest BCUT2D eigenvalue weighted by atomic mass is 35.5. The van der Waals surface area contributed by atoms with Crippen molar-refractivity contribution in [1.29, 1.82) is 5.41 Å². The lowest BCUT2D eigenvalue weighted by Crippen LogP contribution is -2.10. The Kier molecular flexibility index (Phi) is 2.37. The zero-order valence-electron chi connectivity index (χ0n) is 5.12. The smallest absolute Gasteiger partial charge is 0.217 e. The molecule has 0 unspecified atom stereocenters. The van der Waals surface area contributed by atoms with Crippen LogP contribution in [0.15, 0.2) is 21.2 Å². The van der Waals surface area contributed by atoms with Crippen LogP contribution in [0, 0.1) is 5.41 Å². The van der Waals surface area contributed by atoms with Gasteiger partial charge >= 0.3 is 0 Å². The SMILES string of the molecule is N=C1C=C(Cl)C(=O)C(Cl)=C1Cl. The van der Waals surface area contributed by atoms with Crippen molar-refractivity contribution in [1.82, 2.24) is 0 Å². The fourth-order valence-corrected chi connectivity index (χ4v) is 1.17. The first-order chi connectivity index (χ1) is 5.04. The van der Waals surface area contributed by atoms with Gasteiger partial charge in [0.25, 0.3) is 0 Å². The number of hydrogen-bond donors (Lipinski definition) is 1. The van der Waals surface area contributed by atoms with Gasteiger partial charge in [-0.05, 0) is 6.08 Å². The predicted octanol–water partition coefficient (Wildman–Crippen LogP) is 2.40. The second-order valence-corrected chi connectivity index (χ2v) is 3.03. The number of allylic oxidation sites excluding steroid dienone is 4. The largest absolute Gasteiger partial charge is 0.299 e. The first kappa shape index (κ1) is 8.78. The molecule has 5 heteroatoms. The molecule has 0 amide bonds. The van der Waals surface area contributed by atoms with Crippen LogP contribution in [-0.2, 0) is 4.79 Å². The molecule has 0 saturated carbocycles. The number of halogens is 3. The molecule has 0 aromatic rings. The Labute approximate surface area is 77.9 Å². The second-order valence-electron chi connectivity index (χ2n) is 1.86. The fourth-order valence-electron chi connectivity index (χ4n) is 0.578. The Hall–Kier alpha value is -0.310. The highest BCUT2D eigenvalue weighted by molar-refractivity contribution is 6.63. The van der Waals surface area contributed by atoms with Crippen LogP contribution in [0.3, 0.4) is 0 Å². The first-order valence-corrected chi connectivity index (χ1v) is 3.73. The zero-order chi connectivity index (χ0) is 8.59. The van der Waals surface area contributed by atoms with Crippen LogP contribution in [0.5, 0.6) is 0 Å². The minimum atomic E-state index is -0.533. The maximum Gasteiger partial charge on any atom is 0.217 e. The molecule has 0 aromatic carbocycles. The average molecular weight is 210 g/mol. The molecule has 0 aliphatic heterocycles. The van der Waals surface area contributed by atoms with Crippen LogP contribution in [0.2, 0.25) is 0 Å². The van der Waals surface area contributed by atoms with E-state index in [1.165, 1.54) is 0 Å². The molecule has 0 aromatic heterocycles. The molecule has 1 N–H and O–H groups in total. The molecule has 1 aliphatic carbocycles. The van der Waals surface area contributed by atoms with Crippen LogP contribution in [-0.4, -0.2) is 11.5 Å². The fraction of sp³-hybridized carbons (Fsp3) is 0. The van der Waals surface area contributed by atoms with Gasteiger partial charge in [0.2, 0.25) is 5.78 Å². The second kappa shape index (κ2) is 2.97. The molecular weight excluding hydrogens is 208 g/mol. The van der Waals surface area contributed by atoms with E-state index in [1.54, 1.807) is 0 Å². The molecule has 0 fully saturated rings. The third-order valence-corrected chi connectivity index (χ3v) is 2.25. The van der Waals surface area contributed by atoms with Gasteiger partial charge in [0.05, 0.1) is 15.8 Å². The maximum atomic E-state index is 10.9. The topological polar surface area (TPSA) is 40.9 Å². The van der Waals surface area contributed by atoms with E-state index in [1.807, 2.05) is 0 Å². The molecule has 0 bridgehead atoms. The van der Waals surface area contributed by atoms with Gasteiger partial charge in [0.15, 0.2) is 0 Å². The van der Waals surface area contributed by atoms with Gasteiger partial charge in [-0.25, -0.2) is 0 Å². The number of ketones is 1. The molecule has 1 aliphatic rings. The number of Topliss-reactive ketones (excluding diaryl/α,β-unsaturated/α-hetero) is 1. The van der Waals surface area contributed by atoms with Gasteiger partial charge in [0.1, 0.15) is 5.03 Å². The summed E-state index contributed by atoms with van der Waals surface area (Å²) in [4.78, 5) is 10.9. The van der Waals surface area contributed by atoms with Crippen molar-refractivity contribution in [3.8, 4) is 0 Å². The summed E-state index contributed by atoms with van der Waals surface area (Å²) in [6.45, 7) is 0. The maximum absolute atomic E-state index is 10.9. The Balaban J connectivity index is 3.19. The minimum absolute atomic E-state index is 0.0405. The third-order valence-electron chi connectivity index (χ3n) is 1.12. The average Bonchev–Trinajstić information content (AvgIpc) is 1.97. The van der Waals surface area contributed by atoms with E-state index in [2.05, 4.69) is 0 Å². The lowest BCUT2D eigenvalue weighted by molar-refractivity contribution is -0.111. The van der Waals surface area contributed by atoms with Gasteiger partial charge in [-0.1, -0.05) is 34.8 Å². The standard InChI is InChI=1S/C6H2Cl3NO/c7-2-1-3(10)4(8)5(9)6(2)11/h1,10H. The quantitative estimate of drug-likeness (QED) is 0.613. The molecule has 0 saturated heterocycles. The van der Waals surface area contributed by atoms with E-state index in [0.717, 1.165) is 6.08 Å². The summed E-state index contributed by atoms with van der Waals surface area (Å²) in [7, 11) is 0. The molecule has 0 atom stereocenters. The van der Waals surface area contributed by atoms with Crippen molar-refractivity contribution in [3.63, 3.8) is 0 Å². The van der Waals surface area contributed by atoms with Gasteiger partial charge < -0.3 is 0 Å². The lowest BCUT2D eigenvalue weighted by Gasteiger charge is -2.06. The van der Waals surface area contributed by atoms with E-state index in [0.29, 0.717) is 0 Å². The molecule has 0 heterocycles. The van der Waals surface area contributed by atoms with Crippen molar-refractivity contribution in [2.75, 3.05) is 0 Å². The molecular formula is C6H2Cl3NO. The van der Waals surface area contributed by atoms with Crippen LogP contribution >= 0.6 is 34.8 Å². The zero-order valence-corrected chi connectivity index (χ0v) is 7.39. The number of rotatable bonds is 0. The summed E-state index contributed by atoms with van der Waals surface area (Å²) in [5, 5.41) is 6.83. The summed E-state index contributed by atoms with van der Waals surface area (Å²) in [5.41, 5.74) is -0.0405. The van der Waals surface area contributed by atoms with Gasteiger partial charge in [0, 0.05) is 0 Å². The van der Waals surface area contributed by atoms with E-state index < -0.39 is 5.78 Å². The Morgan fingerprint density at radius 2 is 1.73 bits per heavy atom. The first-order valence-electron chi connectivity index (χ1n) is 2.60. The van der Waals surface area contributed by atoms with Crippen molar-refractivity contribution in [3.05, 3.63) is 21.2 Å². The van der Waals surface area contributed by atoms with Gasteiger partial charge in [-0.3, -0.25) is 10.2 Å². The van der Waals surface area contributed by atoms with Crippen LogP contribution in [0.1, 0.15) is 0 Å². The summed E-state index contributed by atoms with van der Waals surface area (Å²) in [6, 6.07) is 0. The molecule has 0 radical (unpaired) electrons. The summed E-state index contributed by atoms with van der Waals surface area (Å²) in [6.07, 6.45) is 1.16. The van der Waals surface area contributed by atoms with Gasteiger partial charge in [-0.15, -0.1) is 0 Å². The molecule has 11 heavy (non-hydrogen) atoms. The Morgan fingerprint density at radius 3 is 2.27 bits per heavy atom. The van der Waals surface area contributed by atoms with Crippen LogP contribution < -0.4 is 0 Å². The Bertz CT molecular complexity index is 303. The highest BCUT2D eigenvalue weighted by Gasteiger charge is 2.22. The minimum Gasteiger partial charge on any atom is -0.299 e. The number of carbonyl (C=O) groups excluding carboxylic acids is 1.